The number of fused-ring (bicyclic) bond motifs is 3. The van der Waals surface area contributed by atoms with E-state index in [4.69, 9.17) is 11.6 Å². The Bertz CT molecular complexity index is 699. The summed E-state index contributed by atoms with van der Waals surface area (Å²) in [5, 5.41) is 4.88. The van der Waals surface area contributed by atoms with Crippen molar-refractivity contribution in [1.82, 2.24) is 5.01 Å². The van der Waals surface area contributed by atoms with Crippen LogP contribution in [0.15, 0.2) is 40.4 Å². The lowest BCUT2D eigenvalue weighted by Gasteiger charge is -2.40. The third-order valence-electron chi connectivity index (χ3n) is 3.47. The summed E-state index contributed by atoms with van der Waals surface area (Å²) >= 11 is 6.24. The van der Waals surface area contributed by atoms with Crippen LogP contribution in [0.3, 0.4) is 0 Å². The summed E-state index contributed by atoms with van der Waals surface area (Å²) in [6, 6.07) is 6.67. The van der Waals surface area contributed by atoms with Gasteiger partial charge in [0.05, 0.1) is 5.71 Å². The Hall–Kier alpha value is -1.82. The largest absolute Gasteiger partial charge is 0.453 e. The van der Waals surface area contributed by atoms with Gasteiger partial charge in [0.2, 0.25) is 0 Å². The lowest BCUT2D eigenvalue weighted by molar-refractivity contribution is -0.0622. The molecule has 0 spiro atoms. The van der Waals surface area contributed by atoms with Crippen LogP contribution in [0.5, 0.6) is 0 Å². The second-order valence-electron chi connectivity index (χ2n) is 5.56. The molecule has 0 aromatic heterocycles. The third-order valence-corrected chi connectivity index (χ3v) is 3.64. The first-order valence-corrected chi connectivity index (χ1v) is 7.06. The van der Waals surface area contributed by atoms with Crippen molar-refractivity contribution in [3.05, 3.63) is 41.5 Å². The van der Waals surface area contributed by atoms with Crippen LogP contribution in [-0.4, -0.2) is 33.8 Å². The number of amidine groups is 1. The van der Waals surface area contributed by atoms with Crippen LogP contribution in [0.1, 0.15) is 25.0 Å². The van der Waals surface area contributed by atoms with Crippen molar-refractivity contribution in [1.29, 1.82) is 0 Å². The molecule has 1 unspecified atom stereocenters. The van der Waals surface area contributed by atoms with Gasteiger partial charge in [-0.25, -0.2) is 4.99 Å². The lowest BCUT2D eigenvalue weighted by atomic mass is 9.91. The van der Waals surface area contributed by atoms with Gasteiger partial charge in [-0.1, -0.05) is 48.0 Å². The number of hydrogen-bond donors (Lipinski definition) is 0. The molecule has 22 heavy (non-hydrogen) atoms. The number of benzene rings is 1. The van der Waals surface area contributed by atoms with Gasteiger partial charge in [0.15, 0.2) is 0 Å². The summed E-state index contributed by atoms with van der Waals surface area (Å²) in [4.78, 5) is 2.69. The second kappa shape index (κ2) is 4.84. The topological polar surface area (TPSA) is 28.0 Å². The molecule has 1 heterocycles. The zero-order chi connectivity index (χ0) is 16.1. The molecule has 1 aromatic carbocycles. The van der Waals surface area contributed by atoms with Crippen molar-refractivity contribution in [3.8, 4) is 0 Å². The molecule has 0 fully saturated rings. The summed E-state index contributed by atoms with van der Waals surface area (Å²) < 4.78 is 39.3. The number of nitrogens with zero attached hydrogens (tertiary/aromatic N) is 3. The van der Waals surface area contributed by atoms with E-state index in [9.17, 15) is 13.2 Å². The van der Waals surface area contributed by atoms with Crippen LogP contribution < -0.4 is 0 Å². The van der Waals surface area contributed by atoms with Crippen molar-refractivity contribution in [3.63, 3.8) is 0 Å². The normalized spacial score (nSPS) is 21.0. The minimum Gasteiger partial charge on any atom is -0.262 e. The zero-order valence-electron chi connectivity index (χ0n) is 11.9. The van der Waals surface area contributed by atoms with Crippen LogP contribution in [-0.2, 0) is 0 Å². The quantitative estimate of drug-likeness (QED) is 0.565. The van der Waals surface area contributed by atoms with Gasteiger partial charge in [0.25, 0.3) is 5.84 Å². The maximum absolute atomic E-state index is 13.1. The second-order valence-corrected chi connectivity index (χ2v) is 6.49. The molecule has 0 N–H and O–H groups in total. The average molecular weight is 328 g/mol. The standard InChI is InChI=1S/C15H13ClF3N3/c1-14(2,16)22-11-8-7-9-5-3-4-6-10(9)12(11)20-13(21-22)15(17,18)19/h3-8,11H,1-2H3. The molecule has 0 saturated carbocycles. The number of hydrazone groups is 1. The van der Waals surface area contributed by atoms with Crippen LogP contribution in [0, 0.1) is 0 Å². The van der Waals surface area contributed by atoms with Crippen LogP contribution in [0.4, 0.5) is 13.2 Å². The number of alkyl halides is 4. The third kappa shape index (κ3) is 2.52. The predicted octanol–water partition coefficient (Wildman–Crippen LogP) is 4.04. The molecule has 1 aliphatic heterocycles. The van der Waals surface area contributed by atoms with E-state index in [0.29, 0.717) is 11.3 Å². The molecule has 1 aromatic rings. The Morgan fingerprint density at radius 2 is 1.86 bits per heavy atom. The SMILES string of the molecule is CC(C)(Cl)N1N=C(C(F)(F)F)N=C2c3ccccc3C=CC21. The van der Waals surface area contributed by atoms with E-state index in [1.165, 1.54) is 5.01 Å². The summed E-state index contributed by atoms with van der Waals surface area (Å²) in [6.07, 6.45) is -1.01. The molecule has 116 valence electrons. The van der Waals surface area contributed by atoms with Crippen LogP contribution >= 0.6 is 11.6 Å². The van der Waals surface area contributed by atoms with Gasteiger partial charge in [-0.15, -0.1) is 5.10 Å². The van der Waals surface area contributed by atoms with Gasteiger partial charge in [-0.2, -0.15) is 13.2 Å². The maximum atomic E-state index is 13.1. The first kappa shape index (κ1) is 15.1. The maximum Gasteiger partial charge on any atom is 0.453 e. The number of rotatable bonds is 1. The van der Waals surface area contributed by atoms with E-state index in [1.807, 2.05) is 18.2 Å². The molecule has 0 bridgehead atoms. The molecule has 3 nitrogen and oxygen atoms in total. The van der Waals surface area contributed by atoms with Gasteiger partial charge in [-0.05, 0) is 19.4 Å². The van der Waals surface area contributed by atoms with Gasteiger partial charge >= 0.3 is 6.18 Å². The summed E-state index contributed by atoms with van der Waals surface area (Å²) in [6.45, 7) is 3.20. The van der Waals surface area contributed by atoms with E-state index in [2.05, 4.69) is 10.1 Å². The van der Waals surface area contributed by atoms with Crippen molar-refractivity contribution >= 4 is 29.2 Å². The van der Waals surface area contributed by atoms with Crippen molar-refractivity contribution in [2.24, 2.45) is 10.1 Å². The smallest absolute Gasteiger partial charge is 0.262 e. The van der Waals surface area contributed by atoms with Crippen molar-refractivity contribution in [2.45, 2.75) is 31.1 Å². The molecular formula is C15H13ClF3N3. The van der Waals surface area contributed by atoms with Gasteiger partial charge in [0, 0.05) is 5.56 Å². The summed E-state index contributed by atoms with van der Waals surface area (Å²) in [5.41, 5.74) is 1.81. The van der Waals surface area contributed by atoms with E-state index < -0.39 is 23.1 Å². The van der Waals surface area contributed by atoms with E-state index >= 15 is 0 Å². The summed E-state index contributed by atoms with van der Waals surface area (Å²) in [5.74, 6) is -1.18. The van der Waals surface area contributed by atoms with Gasteiger partial charge < -0.3 is 0 Å². The predicted molar refractivity (Wildman–Crippen MR) is 81.1 cm³/mol. The fourth-order valence-corrected chi connectivity index (χ4v) is 2.66. The molecule has 7 heteroatoms. The molecule has 1 atom stereocenters. The van der Waals surface area contributed by atoms with Gasteiger partial charge in [-0.3, -0.25) is 5.01 Å². The Morgan fingerprint density at radius 1 is 1.18 bits per heavy atom. The first-order valence-electron chi connectivity index (χ1n) is 6.68. The number of aliphatic imine (C=N–C) groups is 1. The molecule has 0 radical (unpaired) electrons. The first-order chi connectivity index (χ1) is 10.2. The average Bonchev–Trinajstić information content (AvgIpc) is 2.44. The van der Waals surface area contributed by atoms with E-state index in [1.54, 1.807) is 32.1 Å². The summed E-state index contributed by atoms with van der Waals surface area (Å²) in [7, 11) is 0. The molecule has 0 saturated heterocycles. The zero-order valence-corrected chi connectivity index (χ0v) is 12.7. The Balaban J connectivity index is 2.18. The highest BCUT2D eigenvalue weighted by Gasteiger charge is 2.44. The van der Waals surface area contributed by atoms with Crippen LogP contribution in [0.25, 0.3) is 6.08 Å². The molecule has 0 amide bonds. The van der Waals surface area contributed by atoms with Crippen LogP contribution in [0.2, 0.25) is 0 Å². The Labute approximate surface area is 130 Å². The Morgan fingerprint density at radius 3 is 2.50 bits per heavy atom. The van der Waals surface area contributed by atoms with Gasteiger partial charge in [0.1, 0.15) is 11.0 Å². The number of hydrogen-bond acceptors (Lipinski definition) is 3. The minimum absolute atomic E-state index is 0.314. The molecular weight excluding hydrogens is 315 g/mol. The van der Waals surface area contributed by atoms with E-state index in [-0.39, 0.29) is 0 Å². The highest BCUT2D eigenvalue weighted by molar-refractivity contribution is 6.24. The molecule has 1 aliphatic carbocycles. The van der Waals surface area contributed by atoms with Crippen molar-refractivity contribution in [2.75, 3.05) is 0 Å². The number of halogens is 4. The highest BCUT2D eigenvalue weighted by atomic mass is 35.5. The fraction of sp³-hybridized carbons (Fsp3) is 0.333. The fourth-order valence-electron chi connectivity index (χ4n) is 2.52. The monoisotopic (exact) mass is 327 g/mol. The minimum atomic E-state index is -4.63. The van der Waals surface area contributed by atoms with Crippen molar-refractivity contribution < 1.29 is 13.2 Å². The van der Waals surface area contributed by atoms with E-state index in [0.717, 1.165) is 5.56 Å². The Kier molecular flexibility index (Phi) is 3.32. The lowest BCUT2D eigenvalue weighted by Crippen LogP contribution is -2.51. The molecule has 3 rings (SSSR count). The highest BCUT2D eigenvalue weighted by Crippen LogP contribution is 2.34. The molecule has 2 aliphatic rings.